The summed E-state index contributed by atoms with van der Waals surface area (Å²) in [5.74, 6) is 0.852. The number of rotatable bonds is 3. The SMILES string of the molecule is CN(Cc1nc2c(N)cccc2o1)c1ccc(O)cc1. The first-order valence-electron chi connectivity index (χ1n) is 6.27. The molecule has 0 atom stereocenters. The summed E-state index contributed by atoms with van der Waals surface area (Å²) in [6.45, 7) is 0.527. The van der Waals surface area contributed by atoms with Crippen molar-refractivity contribution in [2.24, 2.45) is 0 Å². The smallest absolute Gasteiger partial charge is 0.215 e. The van der Waals surface area contributed by atoms with E-state index in [-0.39, 0.29) is 5.75 Å². The van der Waals surface area contributed by atoms with Crippen molar-refractivity contribution < 1.29 is 9.52 Å². The fourth-order valence-electron chi connectivity index (χ4n) is 2.08. The molecule has 0 aliphatic rings. The van der Waals surface area contributed by atoms with Crippen LogP contribution in [0.15, 0.2) is 46.9 Å². The van der Waals surface area contributed by atoms with Crippen LogP contribution in [0.4, 0.5) is 11.4 Å². The highest BCUT2D eigenvalue weighted by Gasteiger charge is 2.10. The third kappa shape index (κ3) is 2.25. The zero-order valence-electron chi connectivity index (χ0n) is 11.1. The van der Waals surface area contributed by atoms with Crippen LogP contribution in [-0.4, -0.2) is 17.1 Å². The Labute approximate surface area is 116 Å². The van der Waals surface area contributed by atoms with Gasteiger partial charge in [0.1, 0.15) is 11.3 Å². The number of phenolic OH excluding ortho intramolecular Hbond substituents is 1. The predicted octanol–water partition coefficient (Wildman–Crippen LogP) is 2.75. The summed E-state index contributed by atoms with van der Waals surface area (Å²) in [7, 11) is 1.94. The first kappa shape index (κ1) is 12.3. The monoisotopic (exact) mass is 269 g/mol. The highest BCUT2D eigenvalue weighted by Crippen LogP contribution is 2.23. The van der Waals surface area contributed by atoms with Gasteiger partial charge in [0.15, 0.2) is 5.58 Å². The van der Waals surface area contributed by atoms with E-state index >= 15 is 0 Å². The van der Waals surface area contributed by atoms with Crippen LogP contribution in [0.2, 0.25) is 0 Å². The molecular weight excluding hydrogens is 254 g/mol. The van der Waals surface area contributed by atoms with Crippen molar-refractivity contribution in [2.45, 2.75) is 6.54 Å². The lowest BCUT2D eigenvalue weighted by Gasteiger charge is -2.16. The molecule has 0 aliphatic carbocycles. The fraction of sp³-hybridized carbons (Fsp3) is 0.133. The fourth-order valence-corrected chi connectivity index (χ4v) is 2.08. The Morgan fingerprint density at radius 2 is 1.95 bits per heavy atom. The zero-order valence-corrected chi connectivity index (χ0v) is 11.1. The summed E-state index contributed by atoms with van der Waals surface area (Å²) in [5, 5.41) is 9.29. The Kier molecular flexibility index (Phi) is 2.95. The van der Waals surface area contributed by atoms with Crippen LogP contribution in [0.5, 0.6) is 5.75 Å². The van der Waals surface area contributed by atoms with Gasteiger partial charge in [-0.25, -0.2) is 4.98 Å². The summed E-state index contributed by atoms with van der Waals surface area (Å²) in [5.41, 5.74) is 8.84. The highest BCUT2D eigenvalue weighted by molar-refractivity contribution is 5.85. The first-order chi connectivity index (χ1) is 9.63. The lowest BCUT2D eigenvalue weighted by Crippen LogP contribution is -2.16. The minimum absolute atomic E-state index is 0.247. The molecule has 3 rings (SSSR count). The largest absolute Gasteiger partial charge is 0.508 e. The minimum atomic E-state index is 0.247. The van der Waals surface area contributed by atoms with Gasteiger partial charge in [0.2, 0.25) is 5.89 Å². The number of anilines is 2. The second-order valence-corrected chi connectivity index (χ2v) is 4.67. The first-order valence-corrected chi connectivity index (χ1v) is 6.27. The van der Waals surface area contributed by atoms with Crippen molar-refractivity contribution >= 4 is 22.5 Å². The van der Waals surface area contributed by atoms with Gasteiger partial charge in [-0.2, -0.15) is 0 Å². The van der Waals surface area contributed by atoms with Crippen molar-refractivity contribution in [1.29, 1.82) is 0 Å². The van der Waals surface area contributed by atoms with Crippen LogP contribution in [0.1, 0.15) is 5.89 Å². The molecule has 0 radical (unpaired) electrons. The van der Waals surface area contributed by atoms with Crippen LogP contribution >= 0.6 is 0 Å². The Bertz CT molecular complexity index is 734. The van der Waals surface area contributed by atoms with Gasteiger partial charge in [-0.05, 0) is 36.4 Å². The second-order valence-electron chi connectivity index (χ2n) is 4.67. The van der Waals surface area contributed by atoms with Gasteiger partial charge in [0, 0.05) is 12.7 Å². The summed E-state index contributed by atoms with van der Waals surface area (Å²) >= 11 is 0. The molecule has 0 spiro atoms. The average molecular weight is 269 g/mol. The number of nitrogen functional groups attached to an aromatic ring is 1. The Morgan fingerprint density at radius 1 is 1.20 bits per heavy atom. The highest BCUT2D eigenvalue weighted by atomic mass is 16.3. The number of para-hydroxylation sites is 1. The molecule has 0 unspecified atom stereocenters. The number of phenols is 1. The molecule has 1 aromatic heterocycles. The van der Waals surface area contributed by atoms with E-state index in [4.69, 9.17) is 10.2 Å². The standard InChI is InChI=1S/C15H15N3O2/c1-18(10-5-7-11(19)8-6-10)9-14-17-15-12(16)3-2-4-13(15)20-14/h2-8,19H,9,16H2,1H3. The number of aromatic hydroxyl groups is 1. The third-order valence-corrected chi connectivity index (χ3v) is 3.16. The van der Waals surface area contributed by atoms with Crippen LogP contribution in [0, 0.1) is 0 Å². The van der Waals surface area contributed by atoms with Gasteiger partial charge in [-0.3, -0.25) is 0 Å². The van der Waals surface area contributed by atoms with Crippen LogP contribution in [-0.2, 0) is 6.54 Å². The van der Waals surface area contributed by atoms with Gasteiger partial charge in [0.05, 0.1) is 12.2 Å². The van der Waals surface area contributed by atoms with Crippen molar-refractivity contribution in [3.63, 3.8) is 0 Å². The quantitative estimate of drug-likeness (QED) is 0.715. The number of oxazole rings is 1. The molecule has 0 saturated carbocycles. The Balaban J connectivity index is 1.85. The molecule has 3 N–H and O–H groups in total. The number of fused-ring (bicyclic) bond motifs is 1. The molecule has 1 heterocycles. The molecule has 5 nitrogen and oxygen atoms in total. The van der Waals surface area contributed by atoms with E-state index in [1.54, 1.807) is 18.2 Å². The van der Waals surface area contributed by atoms with Crippen molar-refractivity contribution in [3.05, 3.63) is 48.4 Å². The van der Waals surface area contributed by atoms with E-state index in [2.05, 4.69) is 4.98 Å². The summed E-state index contributed by atoms with van der Waals surface area (Å²) in [4.78, 5) is 6.40. The second kappa shape index (κ2) is 4.77. The van der Waals surface area contributed by atoms with E-state index in [1.165, 1.54) is 0 Å². The lowest BCUT2D eigenvalue weighted by molar-refractivity contribution is 0.475. The maximum atomic E-state index is 9.29. The topological polar surface area (TPSA) is 75.5 Å². The van der Waals surface area contributed by atoms with Crippen LogP contribution < -0.4 is 10.6 Å². The summed E-state index contributed by atoms with van der Waals surface area (Å²) in [6.07, 6.45) is 0. The van der Waals surface area contributed by atoms with Crippen molar-refractivity contribution in [2.75, 3.05) is 17.7 Å². The number of nitrogens with zero attached hydrogens (tertiary/aromatic N) is 2. The van der Waals surface area contributed by atoms with E-state index in [1.807, 2.05) is 36.2 Å². The van der Waals surface area contributed by atoms with Gasteiger partial charge in [0.25, 0.3) is 0 Å². The molecule has 0 amide bonds. The normalized spacial score (nSPS) is 10.8. The maximum absolute atomic E-state index is 9.29. The Hall–Kier alpha value is -2.69. The van der Waals surface area contributed by atoms with E-state index in [9.17, 15) is 5.11 Å². The number of nitrogens with two attached hydrogens (primary N) is 1. The molecular formula is C15H15N3O2. The molecule has 5 heteroatoms. The summed E-state index contributed by atoms with van der Waals surface area (Å²) < 4.78 is 5.68. The van der Waals surface area contributed by atoms with E-state index < -0.39 is 0 Å². The van der Waals surface area contributed by atoms with Gasteiger partial charge in [-0.15, -0.1) is 0 Å². The number of aromatic nitrogens is 1. The number of hydrogen-bond acceptors (Lipinski definition) is 5. The molecule has 0 saturated heterocycles. The van der Waals surface area contributed by atoms with E-state index in [0.29, 0.717) is 29.2 Å². The van der Waals surface area contributed by atoms with Gasteiger partial charge < -0.3 is 20.2 Å². The number of hydrogen-bond donors (Lipinski definition) is 2. The zero-order chi connectivity index (χ0) is 14.1. The minimum Gasteiger partial charge on any atom is -0.508 e. The summed E-state index contributed by atoms with van der Waals surface area (Å²) in [6, 6.07) is 12.5. The van der Waals surface area contributed by atoms with Gasteiger partial charge >= 0.3 is 0 Å². The molecule has 0 fully saturated rings. The average Bonchev–Trinajstić information content (AvgIpc) is 2.83. The molecule has 0 aliphatic heterocycles. The van der Waals surface area contributed by atoms with Crippen molar-refractivity contribution in [3.8, 4) is 5.75 Å². The Morgan fingerprint density at radius 3 is 2.65 bits per heavy atom. The van der Waals surface area contributed by atoms with Gasteiger partial charge in [-0.1, -0.05) is 6.07 Å². The molecule has 2 aromatic carbocycles. The van der Waals surface area contributed by atoms with Crippen LogP contribution in [0.3, 0.4) is 0 Å². The molecule has 0 bridgehead atoms. The van der Waals surface area contributed by atoms with E-state index in [0.717, 1.165) is 5.69 Å². The molecule has 102 valence electrons. The third-order valence-electron chi connectivity index (χ3n) is 3.16. The van der Waals surface area contributed by atoms with Crippen LogP contribution in [0.25, 0.3) is 11.1 Å². The number of benzene rings is 2. The molecule has 20 heavy (non-hydrogen) atoms. The van der Waals surface area contributed by atoms with Crippen molar-refractivity contribution in [1.82, 2.24) is 4.98 Å². The predicted molar refractivity (Wildman–Crippen MR) is 78.6 cm³/mol. The maximum Gasteiger partial charge on any atom is 0.215 e. The molecule has 3 aromatic rings. The lowest BCUT2D eigenvalue weighted by atomic mass is 10.3.